The summed E-state index contributed by atoms with van der Waals surface area (Å²) in [4.78, 5) is 25.9. The summed E-state index contributed by atoms with van der Waals surface area (Å²) in [5.74, 6) is 0.896. The van der Waals surface area contributed by atoms with Crippen LogP contribution < -0.4 is 15.0 Å². The zero-order valence-electron chi connectivity index (χ0n) is 14.1. The molecule has 1 aromatic carbocycles. The van der Waals surface area contributed by atoms with Crippen LogP contribution in [0.2, 0.25) is 0 Å². The summed E-state index contributed by atoms with van der Waals surface area (Å²) >= 11 is 0. The summed E-state index contributed by atoms with van der Waals surface area (Å²) in [5, 5.41) is 3.87. The van der Waals surface area contributed by atoms with E-state index in [4.69, 9.17) is 18.7 Å². The molecule has 0 fully saturated rings. The Hall–Kier alpha value is -3.55. The maximum atomic E-state index is 11.9. The molecular formula is C18H16N2O6. The van der Waals surface area contributed by atoms with Crippen molar-refractivity contribution < 1.29 is 23.5 Å². The van der Waals surface area contributed by atoms with Crippen LogP contribution in [0.4, 0.5) is 0 Å². The Morgan fingerprint density at radius 2 is 1.96 bits per heavy atom. The highest BCUT2D eigenvalue weighted by Gasteiger charge is 2.14. The second-order valence-corrected chi connectivity index (χ2v) is 5.24. The van der Waals surface area contributed by atoms with Gasteiger partial charge in [0, 0.05) is 17.8 Å². The highest BCUT2D eigenvalue weighted by atomic mass is 16.5. The number of ether oxygens (including phenoxy) is 3. The molecule has 1 N–H and O–H groups in total. The van der Waals surface area contributed by atoms with E-state index in [1.165, 1.54) is 19.4 Å². The minimum absolute atomic E-state index is 0.0730. The fourth-order valence-corrected chi connectivity index (χ4v) is 2.30. The van der Waals surface area contributed by atoms with Gasteiger partial charge in [-0.15, -0.1) is 0 Å². The van der Waals surface area contributed by atoms with Gasteiger partial charge in [-0.1, -0.05) is 5.16 Å². The number of pyridine rings is 1. The molecule has 0 atom stereocenters. The number of hydrogen-bond acceptors (Lipinski definition) is 7. The van der Waals surface area contributed by atoms with Crippen LogP contribution >= 0.6 is 0 Å². The number of carbonyl (C=O) groups excluding carboxylic acids is 1. The lowest BCUT2D eigenvalue weighted by Gasteiger charge is -2.07. The zero-order chi connectivity index (χ0) is 18.5. The average Bonchev–Trinajstić information content (AvgIpc) is 3.15. The van der Waals surface area contributed by atoms with Crippen molar-refractivity contribution in [1.82, 2.24) is 10.1 Å². The van der Waals surface area contributed by atoms with Crippen molar-refractivity contribution in [3.63, 3.8) is 0 Å². The van der Waals surface area contributed by atoms with E-state index in [1.54, 1.807) is 37.4 Å². The Balaban J connectivity index is 1.71. The molecule has 26 heavy (non-hydrogen) atoms. The zero-order valence-corrected chi connectivity index (χ0v) is 14.1. The molecule has 3 rings (SSSR count). The van der Waals surface area contributed by atoms with Crippen LogP contribution in [0.5, 0.6) is 11.5 Å². The van der Waals surface area contributed by atoms with Crippen LogP contribution in [0.15, 0.2) is 51.9 Å². The molecular weight excluding hydrogens is 340 g/mol. The maximum absolute atomic E-state index is 11.9. The number of hydrogen-bond donors (Lipinski definition) is 1. The number of nitrogens with one attached hydrogen (secondary N) is 1. The molecule has 8 heteroatoms. The summed E-state index contributed by atoms with van der Waals surface area (Å²) in [6.45, 7) is -0.121. The lowest BCUT2D eigenvalue weighted by atomic mass is 10.1. The van der Waals surface area contributed by atoms with E-state index in [1.807, 2.05) is 0 Å². The Labute approximate surface area is 148 Å². The lowest BCUT2D eigenvalue weighted by Crippen LogP contribution is -2.18. The predicted octanol–water partition coefficient (Wildman–Crippen LogP) is 2.40. The molecule has 0 radical (unpaired) electrons. The number of esters is 1. The van der Waals surface area contributed by atoms with Crippen LogP contribution in [0, 0.1) is 0 Å². The van der Waals surface area contributed by atoms with Crippen molar-refractivity contribution >= 4 is 5.97 Å². The van der Waals surface area contributed by atoms with E-state index < -0.39 is 11.5 Å². The van der Waals surface area contributed by atoms with E-state index >= 15 is 0 Å². The van der Waals surface area contributed by atoms with Gasteiger partial charge >= 0.3 is 5.97 Å². The number of nitrogens with zero attached hydrogens (tertiary/aromatic N) is 1. The minimum Gasteiger partial charge on any atom is -0.493 e. The molecule has 0 bridgehead atoms. The molecule has 0 amide bonds. The topological polar surface area (TPSA) is 104 Å². The smallest absolute Gasteiger partial charge is 0.344 e. The Bertz CT molecular complexity index is 976. The van der Waals surface area contributed by atoms with Crippen LogP contribution in [0.3, 0.4) is 0 Å². The van der Waals surface area contributed by atoms with Crippen molar-refractivity contribution in [3.8, 4) is 22.8 Å². The number of benzene rings is 1. The van der Waals surface area contributed by atoms with Crippen LogP contribution in [-0.2, 0) is 11.3 Å². The minimum atomic E-state index is -0.734. The summed E-state index contributed by atoms with van der Waals surface area (Å²) in [5.41, 5.74) is 0.558. The monoisotopic (exact) mass is 356 g/mol. The normalized spacial score (nSPS) is 10.4. The van der Waals surface area contributed by atoms with Gasteiger partial charge in [0.1, 0.15) is 17.9 Å². The third kappa shape index (κ3) is 3.59. The van der Waals surface area contributed by atoms with E-state index in [0.717, 1.165) is 5.56 Å². The van der Waals surface area contributed by atoms with Gasteiger partial charge in [0.05, 0.1) is 14.2 Å². The molecule has 3 aromatic rings. The highest BCUT2D eigenvalue weighted by Crippen LogP contribution is 2.32. The number of carbonyl (C=O) groups is 1. The molecule has 0 saturated carbocycles. The van der Waals surface area contributed by atoms with E-state index in [-0.39, 0.29) is 12.2 Å². The third-order valence-corrected chi connectivity index (χ3v) is 3.62. The molecule has 134 valence electrons. The van der Waals surface area contributed by atoms with Crippen LogP contribution in [0.25, 0.3) is 11.3 Å². The SMILES string of the molecule is COc1ccc(-c2cc(COC(=O)c3ccc[nH]c3=O)no2)cc1OC. The van der Waals surface area contributed by atoms with Crippen LogP contribution in [0.1, 0.15) is 16.1 Å². The highest BCUT2D eigenvalue weighted by molar-refractivity contribution is 5.88. The number of methoxy groups -OCH3 is 2. The van der Waals surface area contributed by atoms with Gasteiger partial charge in [-0.2, -0.15) is 0 Å². The second kappa shape index (κ2) is 7.56. The molecule has 0 spiro atoms. The maximum Gasteiger partial charge on any atom is 0.344 e. The summed E-state index contributed by atoms with van der Waals surface area (Å²) in [7, 11) is 3.09. The first-order valence-corrected chi connectivity index (χ1v) is 7.65. The van der Waals surface area contributed by atoms with Gasteiger partial charge in [-0.05, 0) is 30.3 Å². The van der Waals surface area contributed by atoms with Gasteiger partial charge in [-0.3, -0.25) is 4.79 Å². The summed E-state index contributed by atoms with van der Waals surface area (Å²) in [6.07, 6.45) is 1.44. The van der Waals surface area contributed by atoms with Gasteiger partial charge in [0.15, 0.2) is 17.3 Å². The Kier molecular flexibility index (Phi) is 5.02. The second-order valence-electron chi connectivity index (χ2n) is 5.24. The largest absolute Gasteiger partial charge is 0.493 e. The summed E-state index contributed by atoms with van der Waals surface area (Å²) < 4.78 is 20.8. The molecule has 2 aromatic heterocycles. The van der Waals surface area contributed by atoms with Crippen molar-refractivity contribution in [2.24, 2.45) is 0 Å². The van der Waals surface area contributed by atoms with E-state index in [2.05, 4.69) is 10.1 Å². The third-order valence-electron chi connectivity index (χ3n) is 3.62. The lowest BCUT2D eigenvalue weighted by molar-refractivity contribution is 0.0462. The molecule has 0 saturated heterocycles. The molecule has 8 nitrogen and oxygen atoms in total. The number of aromatic amines is 1. The molecule has 0 aliphatic heterocycles. The standard InChI is InChI=1S/C18H16N2O6/c1-23-14-6-5-11(8-16(14)24-2)15-9-12(20-26-15)10-25-18(22)13-4-3-7-19-17(13)21/h3-9H,10H2,1-2H3,(H,19,21). The Morgan fingerprint density at radius 1 is 1.15 bits per heavy atom. The predicted molar refractivity (Wildman–Crippen MR) is 91.2 cm³/mol. The van der Waals surface area contributed by atoms with E-state index in [0.29, 0.717) is 23.0 Å². The first-order chi connectivity index (χ1) is 12.6. The van der Waals surface area contributed by atoms with Crippen molar-refractivity contribution in [1.29, 1.82) is 0 Å². The quantitative estimate of drug-likeness (QED) is 0.676. The van der Waals surface area contributed by atoms with Gasteiger partial charge in [0.25, 0.3) is 5.56 Å². The van der Waals surface area contributed by atoms with Crippen LogP contribution in [-0.4, -0.2) is 30.3 Å². The fraction of sp³-hybridized carbons (Fsp3) is 0.167. The summed E-state index contributed by atoms with van der Waals surface area (Å²) in [6, 6.07) is 9.87. The number of aromatic nitrogens is 2. The first kappa shape index (κ1) is 17.3. The average molecular weight is 356 g/mol. The van der Waals surface area contributed by atoms with Gasteiger partial charge < -0.3 is 23.7 Å². The first-order valence-electron chi connectivity index (χ1n) is 7.65. The molecule has 0 aliphatic rings. The van der Waals surface area contributed by atoms with Crippen molar-refractivity contribution in [2.75, 3.05) is 14.2 Å². The van der Waals surface area contributed by atoms with Gasteiger partial charge in [-0.25, -0.2) is 4.79 Å². The fourth-order valence-electron chi connectivity index (χ4n) is 2.30. The van der Waals surface area contributed by atoms with Crippen molar-refractivity contribution in [3.05, 3.63) is 64.2 Å². The van der Waals surface area contributed by atoms with Crippen molar-refractivity contribution in [2.45, 2.75) is 6.61 Å². The number of H-pyrrole nitrogens is 1. The Morgan fingerprint density at radius 3 is 2.69 bits per heavy atom. The number of rotatable bonds is 6. The molecule has 0 unspecified atom stereocenters. The van der Waals surface area contributed by atoms with E-state index in [9.17, 15) is 9.59 Å². The molecule has 2 heterocycles. The molecule has 0 aliphatic carbocycles. The van der Waals surface area contributed by atoms with Gasteiger partial charge in [0.2, 0.25) is 0 Å².